The maximum absolute atomic E-state index is 10.9. The second-order valence-corrected chi connectivity index (χ2v) is 2.23. The van der Waals surface area contributed by atoms with Crippen molar-refractivity contribution in [2.45, 2.75) is 26.1 Å². The van der Waals surface area contributed by atoms with E-state index in [9.17, 15) is 4.79 Å². The molecule has 0 saturated carbocycles. The molecule has 1 atom stereocenters. The molecule has 0 N–H and O–H groups in total. The van der Waals surface area contributed by atoms with Crippen LogP contribution in [-0.2, 0) is 14.3 Å². The van der Waals surface area contributed by atoms with Crippen molar-refractivity contribution in [1.29, 1.82) is 0 Å². The fraction of sp³-hybridized carbons (Fsp3) is 0.857. The van der Waals surface area contributed by atoms with Crippen LogP contribution >= 0.6 is 0 Å². The number of carbonyl (C=O) groups excluding carboxylic acids is 1. The molecule has 1 saturated heterocycles. The van der Waals surface area contributed by atoms with Crippen molar-refractivity contribution >= 4 is 5.78 Å². The second-order valence-electron chi connectivity index (χ2n) is 2.23. The van der Waals surface area contributed by atoms with Crippen molar-refractivity contribution < 1.29 is 14.3 Å². The maximum atomic E-state index is 10.9. The smallest absolute Gasteiger partial charge is 0.217 e. The first-order valence-corrected chi connectivity index (χ1v) is 3.60. The molecule has 0 aromatic heterocycles. The summed E-state index contributed by atoms with van der Waals surface area (Å²) in [6.07, 6.45) is 0.867. The lowest BCUT2D eigenvalue weighted by atomic mass is 10.2. The minimum absolute atomic E-state index is 0.0769. The zero-order valence-corrected chi connectivity index (χ0v) is 6.13. The van der Waals surface area contributed by atoms with Crippen LogP contribution in [0.15, 0.2) is 0 Å². The molecule has 0 amide bonds. The van der Waals surface area contributed by atoms with Crippen molar-refractivity contribution in [3.63, 3.8) is 0 Å². The molecule has 1 rings (SSSR count). The summed E-state index contributed by atoms with van der Waals surface area (Å²) >= 11 is 0. The SMILES string of the molecule is CCOC1OCCCC1=O. The van der Waals surface area contributed by atoms with Crippen LogP contribution in [0.3, 0.4) is 0 Å². The fourth-order valence-corrected chi connectivity index (χ4v) is 0.940. The molecular weight excluding hydrogens is 132 g/mol. The fourth-order valence-electron chi connectivity index (χ4n) is 0.940. The molecule has 0 spiro atoms. The van der Waals surface area contributed by atoms with E-state index in [1.54, 1.807) is 0 Å². The molecule has 1 fully saturated rings. The summed E-state index contributed by atoms with van der Waals surface area (Å²) in [4.78, 5) is 10.9. The van der Waals surface area contributed by atoms with Gasteiger partial charge in [-0.05, 0) is 13.3 Å². The number of Topliss-reactive ketones (excluding diaryl/α,β-unsaturated/α-hetero) is 1. The monoisotopic (exact) mass is 144 g/mol. The minimum Gasteiger partial charge on any atom is -0.346 e. The molecular formula is C7H12O3. The van der Waals surface area contributed by atoms with Gasteiger partial charge in [-0.1, -0.05) is 0 Å². The molecule has 58 valence electrons. The third kappa shape index (κ3) is 1.78. The van der Waals surface area contributed by atoms with E-state index in [0.717, 1.165) is 6.42 Å². The number of hydrogen-bond donors (Lipinski definition) is 0. The van der Waals surface area contributed by atoms with Gasteiger partial charge in [-0.3, -0.25) is 4.79 Å². The normalized spacial score (nSPS) is 26.9. The molecule has 1 unspecified atom stereocenters. The van der Waals surface area contributed by atoms with Crippen molar-refractivity contribution in [3.05, 3.63) is 0 Å². The molecule has 0 aromatic rings. The number of ether oxygens (including phenoxy) is 2. The summed E-state index contributed by atoms with van der Waals surface area (Å²) in [5.74, 6) is 0.0769. The first-order chi connectivity index (χ1) is 4.84. The molecule has 0 aliphatic carbocycles. The van der Waals surface area contributed by atoms with Crippen molar-refractivity contribution in [2.75, 3.05) is 13.2 Å². The van der Waals surface area contributed by atoms with Crippen LogP contribution in [0.25, 0.3) is 0 Å². The highest BCUT2D eigenvalue weighted by molar-refractivity contribution is 5.82. The van der Waals surface area contributed by atoms with Crippen LogP contribution in [0.5, 0.6) is 0 Å². The molecule has 10 heavy (non-hydrogen) atoms. The van der Waals surface area contributed by atoms with E-state index in [-0.39, 0.29) is 5.78 Å². The summed E-state index contributed by atoms with van der Waals surface area (Å²) in [5, 5.41) is 0. The van der Waals surface area contributed by atoms with E-state index in [1.165, 1.54) is 0 Å². The quantitative estimate of drug-likeness (QED) is 0.573. The highest BCUT2D eigenvalue weighted by Gasteiger charge is 2.22. The van der Waals surface area contributed by atoms with Gasteiger partial charge in [0, 0.05) is 13.0 Å². The lowest BCUT2D eigenvalue weighted by Crippen LogP contribution is -2.32. The third-order valence-corrected chi connectivity index (χ3v) is 1.42. The van der Waals surface area contributed by atoms with Crippen molar-refractivity contribution in [3.8, 4) is 0 Å². The van der Waals surface area contributed by atoms with Gasteiger partial charge in [0.05, 0.1) is 6.61 Å². The summed E-state index contributed by atoms with van der Waals surface area (Å²) in [6, 6.07) is 0. The Bertz CT molecular complexity index is 120. The molecule has 1 aliphatic rings. The summed E-state index contributed by atoms with van der Waals surface area (Å²) in [5.41, 5.74) is 0. The standard InChI is InChI=1S/C7H12O3/c1-2-9-7-6(8)4-3-5-10-7/h7H,2-5H2,1H3. The molecule has 0 aromatic carbocycles. The zero-order valence-electron chi connectivity index (χ0n) is 6.13. The van der Waals surface area contributed by atoms with Crippen LogP contribution in [0.1, 0.15) is 19.8 Å². The van der Waals surface area contributed by atoms with E-state index in [2.05, 4.69) is 0 Å². The first-order valence-electron chi connectivity index (χ1n) is 3.60. The zero-order chi connectivity index (χ0) is 7.40. The Hall–Kier alpha value is -0.410. The molecule has 3 nitrogen and oxygen atoms in total. The molecule has 0 bridgehead atoms. The van der Waals surface area contributed by atoms with Crippen LogP contribution in [0, 0.1) is 0 Å². The molecule has 0 radical (unpaired) electrons. The number of hydrogen-bond acceptors (Lipinski definition) is 3. The molecule has 1 aliphatic heterocycles. The summed E-state index contributed by atoms with van der Waals surface area (Å²) < 4.78 is 10.1. The van der Waals surface area contributed by atoms with Crippen molar-refractivity contribution in [2.24, 2.45) is 0 Å². The topological polar surface area (TPSA) is 35.5 Å². The number of ketones is 1. The highest BCUT2D eigenvalue weighted by atomic mass is 16.7. The Morgan fingerprint density at radius 1 is 1.80 bits per heavy atom. The predicted octanol–water partition coefficient (Wildman–Crippen LogP) is 0.728. The van der Waals surface area contributed by atoms with Gasteiger partial charge in [0.15, 0.2) is 5.78 Å². The lowest BCUT2D eigenvalue weighted by Gasteiger charge is -2.20. The van der Waals surface area contributed by atoms with E-state index < -0.39 is 6.29 Å². The third-order valence-electron chi connectivity index (χ3n) is 1.42. The Morgan fingerprint density at radius 2 is 2.60 bits per heavy atom. The Balaban J connectivity index is 2.32. The molecule has 3 heteroatoms. The average Bonchev–Trinajstić information content (AvgIpc) is 1.94. The Labute approximate surface area is 60.3 Å². The van der Waals surface area contributed by atoms with Crippen LogP contribution in [0.4, 0.5) is 0 Å². The van der Waals surface area contributed by atoms with E-state index in [1.807, 2.05) is 6.92 Å². The van der Waals surface area contributed by atoms with Gasteiger partial charge in [0.25, 0.3) is 0 Å². The largest absolute Gasteiger partial charge is 0.346 e. The second kappa shape index (κ2) is 3.68. The van der Waals surface area contributed by atoms with Crippen LogP contribution in [-0.4, -0.2) is 25.3 Å². The highest BCUT2D eigenvalue weighted by Crippen LogP contribution is 2.09. The van der Waals surface area contributed by atoms with Crippen LogP contribution in [0.2, 0.25) is 0 Å². The molecule has 1 heterocycles. The van der Waals surface area contributed by atoms with Crippen LogP contribution < -0.4 is 0 Å². The van der Waals surface area contributed by atoms with Gasteiger partial charge in [-0.2, -0.15) is 0 Å². The Morgan fingerprint density at radius 3 is 3.20 bits per heavy atom. The van der Waals surface area contributed by atoms with Gasteiger partial charge in [-0.15, -0.1) is 0 Å². The van der Waals surface area contributed by atoms with E-state index in [4.69, 9.17) is 9.47 Å². The number of rotatable bonds is 2. The maximum Gasteiger partial charge on any atom is 0.217 e. The summed E-state index contributed by atoms with van der Waals surface area (Å²) in [7, 11) is 0. The first kappa shape index (κ1) is 7.69. The van der Waals surface area contributed by atoms with Gasteiger partial charge >= 0.3 is 0 Å². The Kier molecular flexibility index (Phi) is 2.83. The minimum atomic E-state index is -0.571. The lowest BCUT2D eigenvalue weighted by molar-refractivity contribution is -0.177. The number of carbonyl (C=O) groups is 1. The van der Waals surface area contributed by atoms with Gasteiger partial charge in [0.1, 0.15) is 0 Å². The predicted molar refractivity (Wildman–Crippen MR) is 35.6 cm³/mol. The average molecular weight is 144 g/mol. The van der Waals surface area contributed by atoms with Gasteiger partial charge < -0.3 is 9.47 Å². The van der Waals surface area contributed by atoms with E-state index >= 15 is 0 Å². The van der Waals surface area contributed by atoms with Gasteiger partial charge in [0.2, 0.25) is 6.29 Å². The van der Waals surface area contributed by atoms with Crippen molar-refractivity contribution in [1.82, 2.24) is 0 Å². The van der Waals surface area contributed by atoms with Gasteiger partial charge in [-0.25, -0.2) is 0 Å². The van der Waals surface area contributed by atoms with E-state index in [0.29, 0.717) is 19.6 Å². The summed E-state index contributed by atoms with van der Waals surface area (Å²) in [6.45, 7) is 3.04.